The third-order valence-electron chi connectivity index (χ3n) is 5.79. The number of para-hydroxylation sites is 1. The Morgan fingerprint density at radius 2 is 1.68 bits per heavy atom. The van der Waals surface area contributed by atoms with Crippen LogP contribution in [0.2, 0.25) is 5.02 Å². The van der Waals surface area contributed by atoms with Gasteiger partial charge in [0, 0.05) is 24.5 Å². The number of urea groups is 1. The predicted molar refractivity (Wildman–Crippen MR) is 112 cm³/mol. The smallest absolute Gasteiger partial charge is 0.321 e. The monoisotopic (exact) mass is 397 g/mol. The van der Waals surface area contributed by atoms with Crippen LogP contribution in [0, 0.1) is 5.41 Å². The summed E-state index contributed by atoms with van der Waals surface area (Å²) in [6.07, 6.45) is 5.98. The summed E-state index contributed by atoms with van der Waals surface area (Å²) in [6.45, 7) is 1.57. The fourth-order valence-corrected chi connectivity index (χ4v) is 4.04. The van der Waals surface area contributed by atoms with Crippen LogP contribution in [0.5, 0.6) is 0 Å². The summed E-state index contributed by atoms with van der Waals surface area (Å²) in [5.74, 6) is -0.308. The topological polar surface area (TPSA) is 61.4 Å². The molecule has 146 valence electrons. The van der Waals surface area contributed by atoms with Crippen molar-refractivity contribution in [2.24, 2.45) is 5.41 Å². The van der Waals surface area contributed by atoms with Gasteiger partial charge in [-0.05, 0) is 67.9 Å². The highest BCUT2D eigenvalue weighted by Gasteiger charge is 2.43. The number of halogens is 1. The highest BCUT2D eigenvalue weighted by Crippen LogP contribution is 2.53. The molecule has 2 N–H and O–H groups in total. The van der Waals surface area contributed by atoms with Crippen molar-refractivity contribution in [2.45, 2.75) is 32.1 Å². The lowest BCUT2D eigenvalue weighted by Crippen LogP contribution is -2.35. The number of benzene rings is 2. The molecule has 2 fully saturated rings. The van der Waals surface area contributed by atoms with Crippen LogP contribution < -0.4 is 10.6 Å². The number of hydrogen-bond donors (Lipinski definition) is 2. The zero-order valence-corrected chi connectivity index (χ0v) is 16.5. The predicted octanol–water partition coefficient (Wildman–Crippen LogP) is 5.39. The van der Waals surface area contributed by atoms with E-state index in [4.69, 9.17) is 11.6 Å². The molecule has 1 heterocycles. The quantitative estimate of drug-likeness (QED) is 0.729. The van der Waals surface area contributed by atoms with Gasteiger partial charge in [0.25, 0.3) is 5.91 Å². The molecule has 0 aromatic heterocycles. The minimum absolute atomic E-state index is 0.116. The second kappa shape index (κ2) is 7.84. The number of carbonyl (C=O) groups is 2. The van der Waals surface area contributed by atoms with Crippen LogP contribution >= 0.6 is 11.6 Å². The number of nitrogens with one attached hydrogen (secondary N) is 2. The Morgan fingerprint density at radius 1 is 0.893 bits per heavy atom. The number of likely N-dealkylation sites (tertiary alicyclic amines) is 1. The average molecular weight is 398 g/mol. The molecule has 0 unspecified atom stereocenters. The maximum absolute atomic E-state index is 12.7. The summed E-state index contributed by atoms with van der Waals surface area (Å²) in [5.41, 5.74) is 2.10. The van der Waals surface area contributed by atoms with E-state index in [1.54, 1.807) is 18.2 Å². The molecule has 2 aromatic rings. The van der Waals surface area contributed by atoms with Gasteiger partial charge >= 0.3 is 6.03 Å². The number of anilines is 2. The number of amides is 3. The Morgan fingerprint density at radius 3 is 2.43 bits per heavy atom. The molecule has 1 spiro atoms. The van der Waals surface area contributed by atoms with Gasteiger partial charge in [-0.15, -0.1) is 0 Å². The van der Waals surface area contributed by atoms with E-state index in [-0.39, 0.29) is 11.9 Å². The molecule has 0 atom stereocenters. The first-order valence-corrected chi connectivity index (χ1v) is 10.1. The zero-order valence-electron chi connectivity index (χ0n) is 15.7. The third-order valence-corrected chi connectivity index (χ3v) is 6.12. The van der Waals surface area contributed by atoms with Gasteiger partial charge in [0.1, 0.15) is 0 Å². The lowest BCUT2D eigenvalue weighted by molar-refractivity contribution is 0.102. The molecule has 1 aliphatic carbocycles. The summed E-state index contributed by atoms with van der Waals surface area (Å²) in [4.78, 5) is 27.2. The van der Waals surface area contributed by atoms with Crippen molar-refractivity contribution in [1.29, 1.82) is 0 Å². The lowest BCUT2D eigenvalue weighted by Gasteiger charge is -2.21. The maximum atomic E-state index is 12.7. The highest BCUT2D eigenvalue weighted by atomic mass is 35.5. The van der Waals surface area contributed by atoms with Gasteiger partial charge in [-0.1, -0.05) is 29.8 Å². The van der Waals surface area contributed by atoms with Crippen molar-refractivity contribution in [3.8, 4) is 0 Å². The van der Waals surface area contributed by atoms with E-state index < -0.39 is 0 Å². The summed E-state index contributed by atoms with van der Waals surface area (Å²) in [6, 6.07) is 14.1. The van der Waals surface area contributed by atoms with Crippen LogP contribution in [-0.2, 0) is 0 Å². The molecule has 5 nitrogen and oxygen atoms in total. The number of carbonyl (C=O) groups excluding carboxylic acids is 2. The Balaban J connectivity index is 1.43. The minimum Gasteiger partial charge on any atom is -0.325 e. The molecule has 1 aliphatic heterocycles. The van der Waals surface area contributed by atoms with Gasteiger partial charge in [-0.3, -0.25) is 4.79 Å². The fraction of sp³-hybridized carbons (Fsp3) is 0.364. The molecule has 0 bridgehead atoms. The SMILES string of the molecule is O=C(Nc1ccccc1)c1cc(NC(=O)N2CCCC3(CC2)CC3)ccc1Cl. The van der Waals surface area contributed by atoms with E-state index in [0.717, 1.165) is 25.9 Å². The molecule has 0 radical (unpaired) electrons. The van der Waals surface area contributed by atoms with E-state index in [1.165, 1.54) is 19.3 Å². The number of nitrogens with zero attached hydrogens (tertiary/aromatic N) is 1. The van der Waals surface area contributed by atoms with E-state index in [9.17, 15) is 9.59 Å². The van der Waals surface area contributed by atoms with Crippen molar-refractivity contribution < 1.29 is 9.59 Å². The second-order valence-electron chi connectivity index (χ2n) is 7.79. The van der Waals surface area contributed by atoms with Gasteiger partial charge in [0.05, 0.1) is 10.6 Å². The van der Waals surface area contributed by atoms with Crippen molar-refractivity contribution in [1.82, 2.24) is 4.90 Å². The van der Waals surface area contributed by atoms with Crippen LogP contribution in [0.25, 0.3) is 0 Å². The molecule has 6 heteroatoms. The molecule has 2 aromatic carbocycles. The first-order chi connectivity index (χ1) is 13.5. The normalized spacial score (nSPS) is 17.7. The Kier molecular flexibility index (Phi) is 5.27. The van der Waals surface area contributed by atoms with Crippen molar-refractivity contribution in [3.05, 3.63) is 59.1 Å². The molecule has 3 amide bonds. The van der Waals surface area contributed by atoms with Crippen molar-refractivity contribution >= 4 is 34.9 Å². The van der Waals surface area contributed by atoms with E-state index in [2.05, 4.69) is 10.6 Å². The third kappa shape index (κ3) is 4.30. The number of rotatable bonds is 3. The van der Waals surface area contributed by atoms with E-state index in [1.807, 2.05) is 35.2 Å². The number of hydrogen-bond acceptors (Lipinski definition) is 2. The summed E-state index contributed by atoms with van der Waals surface area (Å²) < 4.78 is 0. The Bertz CT molecular complexity index is 881. The standard InChI is InChI=1S/C22H24ClN3O2/c23-19-8-7-17(15-18(19)20(27)24-16-5-2-1-3-6-16)25-21(28)26-13-4-9-22(10-11-22)12-14-26/h1-3,5-8,15H,4,9-14H2,(H,24,27)(H,25,28). The molecular formula is C22H24ClN3O2. The first kappa shape index (κ1) is 18.8. The first-order valence-electron chi connectivity index (χ1n) is 9.77. The average Bonchev–Trinajstić information content (AvgIpc) is 3.50. The summed E-state index contributed by atoms with van der Waals surface area (Å²) >= 11 is 6.22. The van der Waals surface area contributed by atoms with Crippen LogP contribution in [0.15, 0.2) is 48.5 Å². The Labute approximate surface area is 170 Å². The summed E-state index contributed by atoms with van der Waals surface area (Å²) in [7, 11) is 0. The molecule has 1 saturated heterocycles. The van der Waals surface area contributed by atoms with Crippen LogP contribution in [0.3, 0.4) is 0 Å². The molecule has 1 saturated carbocycles. The van der Waals surface area contributed by atoms with Gasteiger partial charge in [0.15, 0.2) is 0 Å². The maximum Gasteiger partial charge on any atom is 0.321 e. The van der Waals surface area contributed by atoms with Crippen LogP contribution in [0.4, 0.5) is 16.2 Å². The van der Waals surface area contributed by atoms with Crippen molar-refractivity contribution in [2.75, 3.05) is 23.7 Å². The molecule has 2 aliphatic rings. The van der Waals surface area contributed by atoms with Crippen LogP contribution in [-0.4, -0.2) is 29.9 Å². The lowest BCUT2D eigenvalue weighted by atomic mass is 9.98. The zero-order chi connectivity index (χ0) is 19.6. The van der Waals surface area contributed by atoms with E-state index >= 15 is 0 Å². The van der Waals surface area contributed by atoms with Gasteiger partial charge in [0.2, 0.25) is 0 Å². The fourth-order valence-electron chi connectivity index (χ4n) is 3.83. The molecular weight excluding hydrogens is 374 g/mol. The molecule has 28 heavy (non-hydrogen) atoms. The van der Waals surface area contributed by atoms with Crippen molar-refractivity contribution in [3.63, 3.8) is 0 Å². The van der Waals surface area contributed by atoms with Crippen LogP contribution in [0.1, 0.15) is 42.5 Å². The second-order valence-corrected chi connectivity index (χ2v) is 8.19. The highest BCUT2D eigenvalue weighted by molar-refractivity contribution is 6.34. The van der Waals surface area contributed by atoms with E-state index in [0.29, 0.717) is 27.4 Å². The van der Waals surface area contributed by atoms with Gasteiger partial charge in [-0.25, -0.2) is 4.79 Å². The largest absolute Gasteiger partial charge is 0.325 e. The summed E-state index contributed by atoms with van der Waals surface area (Å²) in [5, 5.41) is 6.09. The van der Waals surface area contributed by atoms with Gasteiger partial charge in [-0.2, -0.15) is 0 Å². The Hall–Kier alpha value is -2.53. The minimum atomic E-state index is -0.308. The van der Waals surface area contributed by atoms with Gasteiger partial charge < -0.3 is 15.5 Å². The molecule has 4 rings (SSSR count).